The van der Waals surface area contributed by atoms with E-state index in [2.05, 4.69) is 0 Å². The number of halogens is 1. The van der Waals surface area contributed by atoms with Crippen LogP contribution < -0.4 is 5.73 Å². The molecule has 0 aliphatic heterocycles. The third kappa shape index (κ3) is 2.44. The van der Waals surface area contributed by atoms with Crippen molar-refractivity contribution in [2.45, 2.75) is 19.4 Å². The number of rotatable bonds is 3. The van der Waals surface area contributed by atoms with Crippen molar-refractivity contribution in [3.8, 4) is 5.75 Å². The highest BCUT2D eigenvalue weighted by atomic mass is 19.1. The second-order valence-corrected chi connectivity index (χ2v) is 3.33. The first-order chi connectivity index (χ1) is 6.93. The molecule has 1 atom stereocenters. The Labute approximate surface area is 86.1 Å². The number of carboxylic acids is 1. The van der Waals surface area contributed by atoms with E-state index >= 15 is 0 Å². The van der Waals surface area contributed by atoms with Crippen molar-refractivity contribution in [3.05, 3.63) is 29.1 Å². The highest BCUT2D eigenvalue weighted by Crippen LogP contribution is 2.30. The van der Waals surface area contributed by atoms with Crippen LogP contribution in [0.3, 0.4) is 0 Å². The highest BCUT2D eigenvalue weighted by Gasteiger charge is 2.19. The monoisotopic (exact) mass is 213 g/mol. The van der Waals surface area contributed by atoms with E-state index in [1.165, 1.54) is 6.07 Å². The molecule has 0 heterocycles. The van der Waals surface area contributed by atoms with E-state index in [1.54, 1.807) is 6.92 Å². The molecule has 5 heteroatoms. The van der Waals surface area contributed by atoms with Crippen LogP contribution >= 0.6 is 0 Å². The average molecular weight is 213 g/mol. The molecule has 4 N–H and O–H groups in total. The SMILES string of the molecule is Cc1ccc(F)c(C(N)CC(=O)O)c1O. The van der Waals surface area contributed by atoms with Crippen molar-refractivity contribution in [2.24, 2.45) is 5.73 Å². The van der Waals surface area contributed by atoms with Gasteiger partial charge < -0.3 is 15.9 Å². The number of hydrogen-bond acceptors (Lipinski definition) is 3. The third-order valence-corrected chi connectivity index (χ3v) is 2.13. The van der Waals surface area contributed by atoms with Crippen LogP contribution in [0.4, 0.5) is 4.39 Å². The normalized spacial score (nSPS) is 12.5. The molecule has 0 amide bonds. The molecule has 0 aliphatic carbocycles. The van der Waals surface area contributed by atoms with Crippen molar-refractivity contribution in [2.75, 3.05) is 0 Å². The van der Waals surface area contributed by atoms with Gasteiger partial charge in [-0.15, -0.1) is 0 Å². The number of aliphatic carboxylic acids is 1. The number of benzene rings is 1. The maximum absolute atomic E-state index is 13.3. The molecule has 1 rings (SSSR count). The Balaban J connectivity index is 3.12. The molecule has 0 saturated carbocycles. The Hall–Kier alpha value is -1.62. The Morgan fingerprint density at radius 1 is 1.60 bits per heavy atom. The minimum Gasteiger partial charge on any atom is -0.507 e. The standard InChI is InChI=1S/C10H12FNO3/c1-5-2-3-6(11)9(10(5)15)7(12)4-8(13)14/h2-3,7,15H,4,12H2,1H3,(H,13,14). The molecule has 0 saturated heterocycles. The number of phenolic OH excluding ortho intramolecular Hbond substituents is 1. The van der Waals surface area contributed by atoms with Gasteiger partial charge in [0, 0.05) is 11.6 Å². The lowest BCUT2D eigenvalue weighted by Gasteiger charge is -2.13. The van der Waals surface area contributed by atoms with Crippen molar-refractivity contribution in [1.82, 2.24) is 0 Å². The van der Waals surface area contributed by atoms with Crippen LogP contribution in [-0.4, -0.2) is 16.2 Å². The van der Waals surface area contributed by atoms with Gasteiger partial charge in [-0.25, -0.2) is 4.39 Å². The van der Waals surface area contributed by atoms with Crippen LogP contribution in [0.25, 0.3) is 0 Å². The van der Waals surface area contributed by atoms with Crippen LogP contribution in [0.2, 0.25) is 0 Å². The molecule has 0 bridgehead atoms. The molecule has 1 aromatic rings. The Morgan fingerprint density at radius 2 is 2.20 bits per heavy atom. The molecule has 0 aromatic heterocycles. The number of hydrogen-bond donors (Lipinski definition) is 3. The Kier molecular flexibility index (Phi) is 3.26. The van der Waals surface area contributed by atoms with Crippen molar-refractivity contribution < 1.29 is 19.4 Å². The zero-order chi connectivity index (χ0) is 11.6. The number of carbonyl (C=O) groups is 1. The van der Waals surface area contributed by atoms with Gasteiger partial charge in [0.25, 0.3) is 0 Å². The van der Waals surface area contributed by atoms with Crippen LogP contribution in [0.1, 0.15) is 23.6 Å². The van der Waals surface area contributed by atoms with Gasteiger partial charge in [-0.2, -0.15) is 0 Å². The molecule has 1 aromatic carbocycles. The Bertz CT molecular complexity index is 392. The summed E-state index contributed by atoms with van der Waals surface area (Å²) in [6, 6.07) is 1.52. The predicted molar refractivity (Wildman–Crippen MR) is 52.0 cm³/mol. The van der Waals surface area contributed by atoms with Crippen LogP contribution in [0.5, 0.6) is 5.75 Å². The third-order valence-electron chi connectivity index (χ3n) is 2.13. The van der Waals surface area contributed by atoms with E-state index in [9.17, 15) is 14.3 Å². The molecular weight excluding hydrogens is 201 g/mol. The van der Waals surface area contributed by atoms with E-state index in [1.807, 2.05) is 0 Å². The number of nitrogens with two attached hydrogens (primary N) is 1. The summed E-state index contributed by atoms with van der Waals surface area (Å²) in [7, 11) is 0. The predicted octanol–water partition coefficient (Wildman–Crippen LogP) is 1.31. The highest BCUT2D eigenvalue weighted by molar-refractivity contribution is 5.68. The van der Waals surface area contributed by atoms with Gasteiger partial charge in [-0.05, 0) is 18.6 Å². The lowest BCUT2D eigenvalue weighted by Crippen LogP contribution is -2.16. The van der Waals surface area contributed by atoms with E-state index in [4.69, 9.17) is 10.8 Å². The molecule has 0 aliphatic rings. The lowest BCUT2D eigenvalue weighted by molar-refractivity contribution is -0.137. The minimum atomic E-state index is -1.14. The summed E-state index contributed by atoms with van der Waals surface area (Å²) in [6.07, 6.45) is -0.423. The quantitative estimate of drug-likeness (QED) is 0.706. The first kappa shape index (κ1) is 11.5. The summed E-state index contributed by atoms with van der Waals surface area (Å²) in [6.45, 7) is 1.59. The van der Waals surface area contributed by atoms with Gasteiger partial charge in [0.2, 0.25) is 0 Å². The van der Waals surface area contributed by atoms with Gasteiger partial charge >= 0.3 is 5.97 Å². The topological polar surface area (TPSA) is 83.6 Å². The number of aromatic hydroxyl groups is 1. The summed E-state index contributed by atoms with van der Waals surface area (Å²) < 4.78 is 13.3. The fraction of sp³-hybridized carbons (Fsp3) is 0.300. The number of phenols is 1. The van der Waals surface area contributed by atoms with Crippen LogP contribution in [0, 0.1) is 12.7 Å². The van der Waals surface area contributed by atoms with Gasteiger partial charge in [-0.1, -0.05) is 6.07 Å². The van der Waals surface area contributed by atoms with Crippen LogP contribution in [-0.2, 0) is 4.79 Å². The molecule has 0 spiro atoms. The first-order valence-electron chi connectivity index (χ1n) is 4.38. The maximum atomic E-state index is 13.3. The fourth-order valence-electron chi connectivity index (χ4n) is 1.34. The van der Waals surface area contributed by atoms with Gasteiger partial charge in [0.1, 0.15) is 11.6 Å². The van der Waals surface area contributed by atoms with E-state index in [-0.39, 0.29) is 11.3 Å². The van der Waals surface area contributed by atoms with E-state index in [0.717, 1.165) is 6.07 Å². The Morgan fingerprint density at radius 3 is 2.73 bits per heavy atom. The molecule has 0 fully saturated rings. The van der Waals surface area contributed by atoms with Gasteiger partial charge in [-0.3, -0.25) is 4.79 Å². The minimum absolute atomic E-state index is 0.141. The molecule has 15 heavy (non-hydrogen) atoms. The molecule has 1 unspecified atom stereocenters. The molecule has 82 valence electrons. The second kappa shape index (κ2) is 4.27. The van der Waals surface area contributed by atoms with Crippen molar-refractivity contribution >= 4 is 5.97 Å². The fourth-order valence-corrected chi connectivity index (χ4v) is 1.34. The summed E-state index contributed by atoms with van der Waals surface area (Å²) in [5.74, 6) is -2.10. The lowest BCUT2D eigenvalue weighted by atomic mass is 10.0. The average Bonchev–Trinajstić information content (AvgIpc) is 2.11. The summed E-state index contributed by atoms with van der Waals surface area (Å²) in [5.41, 5.74) is 5.81. The molecule has 4 nitrogen and oxygen atoms in total. The van der Waals surface area contributed by atoms with E-state index < -0.39 is 24.2 Å². The second-order valence-electron chi connectivity index (χ2n) is 3.33. The van der Waals surface area contributed by atoms with Crippen molar-refractivity contribution in [1.29, 1.82) is 0 Å². The van der Waals surface area contributed by atoms with Gasteiger partial charge in [0.15, 0.2) is 0 Å². The number of aryl methyl sites for hydroxylation is 1. The van der Waals surface area contributed by atoms with E-state index in [0.29, 0.717) is 5.56 Å². The smallest absolute Gasteiger partial charge is 0.305 e. The summed E-state index contributed by atoms with van der Waals surface area (Å²) in [4.78, 5) is 10.4. The first-order valence-corrected chi connectivity index (χ1v) is 4.38. The molecular formula is C10H12FNO3. The maximum Gasteiger partial charge on any atom is 0.305 e. The summed E-state index contributed by atoms with van der Waals surface area (Å²) >= 11 is 0. The number of carboxylic acid groups (broad SMARTS) is 1. The van der Waals surface area contributed by atoms with Crippen LogP contribution in [0.15, 0.2) is 12.1 Å². The van der Waals surface area contributed by atoms with Gasteiger partial charge in [0.05, 0.1) is 6.42 Å². The molecule has 0 radical (unpaired) electrons. The van der Waals surface area contributed by atoms with Crippen molar-refractivity contribution in [3.63, 3.8) is 0 Å². The zero-order valence-electron chi connectivity index (χ0n) is 8.20. The largest absolute Gasteiger partial charge is 0.507 e. The zero-order valence-corrected chi connectivity index (χ0v) is 8.20. The summed E-state index contributed by atoms with van der Waals surface area (Å²) in [5, 5.41) is 18.1.